The fourth-order valence-corrected chi connectivity index (χ4v) is 3.81. The van der Waals surface area contributed by atoms with Gasteiger partial charge >= 0.3 is 9.28 Å². The molecule has 0 heterocycles. The molecule has 0 radical (unpaired) electrons. The predicted octanol–water partition coefficient (Wildman–Crippen LogP) is 2.73. The fourth-order valence-electron chi connectivity index (χ4n) is 2.08. The van der Waals surface area contributed by atoms with Crippen LogP contribution in [0.1, 0.15) is 19.8 Å². The quantitative estimate of drug-likeness (QED) is 0.587. The van der Waals surface area contributed by atoms with Crippen molar-refractivity contribution in [1.82, 2.24) is 0 Å². The summed E-state index contributed by atoms with van der Waals surface area (Å²) in [5, 5.41) is 3.75. The van der Waals surface area contributed by atoms with Gasteiger partial charge in [0.25, 0.3) is 0 Å². The molecule has 18 heavy (non-hydrogen) atoms. The van der Waals surface area contributed by atoms with Crippen LogP contribution in [0, 0.1) is 0 Å². The zero-order valence-electron chi connectivity index (χ0n) is 11.1. The molecule has 0 saturated carbocycles. The summed E-state index contributed by atoms with van der Waals surface area (Å²) in [5.74, 6) is 0. The first-order valence-corrected chi connectivity index (χ1v) is 8.01. The molecule has 2 aromatic rings. The highest BCUT2D eigenvalue weighted by molar-refractivity contribution is 6.64. The van der Waals surface area contributed by atoms with Gasteiger partial charge in [0.2, 0.25) is 0 Å². The summed E-state index contributed by atoms with van der Waals surface area (Å²) in [6.45, 7) is 2.97. The van der Waals surface area contributed by atoms with E-state index in [1.54, 1.807) is 7.11 Å². The van der Waals surface area contributed by atoms with Gasteiger partial charge in [-0.25, -0.2) is 0 Å². The molecule has 0 bridgehead atoms. The summed E-state index contributed by atoms with van der Waals surface area (Å²) in [5.41, 5.74) is 0. The Morgan fingerprint density at radius 2 is 1.83 bits per heavy atom. The molecule has 0 aliphatic heterocycles. The van der Waals surface area contributed by atoms with Crippen LogP contribution in [-0.2, 0) is 8.85 Å². The summed E-state index contributed by atoms with van der Waals surface area (Å²) < 4.78 is 11.6. The third-order valence-corrected chi connectivity index (χ3v) is 5.04. The van der Waals surface area contributed by atoms with Crippen molar-refractivity contribution >= 4 is 25.2 Å². The first-order valence-electron chi connectivity index (χ1n) is 6.49. The highest BCUT2D eigenvalue weighted by Gasteiger charge is 2.17. The molecule has 1 atom stereocenters. The van der Waals surface area contributed by atoms with Crippen molar-refractivity contribution in [2.75, 3.05) is 13.7 Å². The molecule has 0 saturated heterocycles. The average molecular weight is 260 g/mol. The molecule has 96 valence electrons. The largest absolute Gasteiger partial charge is 0.397 e. The summed E-state index contributed by atoms with van der Waals surface area (Å²) in [7, 11) is 0.00147. The maximum Gasteiger partial charge on any atom is 0.356 e. The molecule has 2 nitrogen and oxygen atoms in total. The molecule has 0 N–H and O–H groups in total. The van der Waals surface area contributed by atoms with Crippen LogP contribution in [0.15, 0.2) is 42.5 Å². The normalized spacial score (nSPS) is 12.8. The summed E-state index contributed by atoms with van der Waals surface area (Å²) in [6, 6.07) is 14.8. The minimum absolute atomic E-state index is 0.796. The van der Waals surface area contributed by atoms with Gasteiger partial charge in [0.15, 0.2) is 0 Å². The lowest BCUT2D eigenvalue weighted by Gasteiger charge is -2.16. The van der Waals surface area contributed by atoms with Crippen molar-refractivity contribution in [1.29, 1.82) is 0 Å². The fraction of sp³-hybridized carbons (Fsp3) is 0.333. The number of fused-ring (bicyclic) bond motifs is 1. The zero-order valence-corrected chi connectivity index (χ0v) is 12.2. The van der Waals surface area contributed by atoms with Crippen LogP contribution in [0.2, 0.25) is 0 Å². The molecule has 2 rings (SSSR count). The highest BCUT2D eigenvalue weighted by Crippen LogP contribution is 2.12. The van der Waals surface area contributed by atoms with Gasteiger partial charge in [-0.3, -0.25) is 0 Å². The summed E-state index contributed by atoms with van der Waals surface area (Å²) in [4.78, 5) is 0. The van der Waals surface area contributed by atoms with E-state index in [0.29, 0.717) is 0 Å². The molecule has 1 unspecified atom stereocenters. The Balaban J connectivity index is 2.27. The van der Waals surface area contributed by atoms with Gasteiger partial charge in [-0.2, -0.15) is 0 Å². The Hall–Kier alpha value is -1.16. The highest BCUT2D eigenvalue weighted by atomic mass is 28.3. The van der Waals surface area contributed by atoms with Gasteiger partial charge in [-0.1, -0.05) is 55.8 Å². The van der Waals surface area contributed by atoms with E-state index >= 15 is 0 Å². The Bertz CT molecular complexity index is 493. The molecule has 2 aromatic carbocycles. The summed E-state index contributed by atoms with van der Waals surface area (Å²) >= 11 is 0. The Labute approximate surface area is 110 Å². The maximum atomic E-state index is 5.94. The van der Waals surface area contributed by atoms with Crippen molar-refractivity contribution in [3.05, 3.63) is 42.5 Å². The molecule has 0 amide bonds. The molecular formula is C15H20O2Si. The standard InChI is InChI=1S/C15H20O2Si/c1-3-4-12-17-18(16-2)15-11-7-9-13-8-5-6-10-14(13)15/h5-11,18H,3-4,12H2,1-2H3. The number of hydrogen-bond acceptors (Lipinski definition) is 2. The second kappa shape index (κ2) is 6.68. The van der Waals surface area contributed by atoms with Crippen molar-refractivity contribution < 1.29 is 8.85 Å². The monoisotopic (exact) mass is 260 g/mol. The number of rotatable bonds is 6. The minimum Gasteiger partial charge on any atom is -0.397 e. The molecule has 3 heteroatoms. The lowest BCUT2D eigenvalue weighted by molar-refractivity contribution is 0.237. The van der Waals surface area contributed by atoms with Crippen molar-refractivity contribution in [2.24, 2.45) is 0 Å². The van der Waals surface area contributed by atoms with Gasteiger partial charge in [-0.15, -0.1) is 0 Å². The van der Waals surface area contributed by atoms with Crippen molar-refractivity contribution in [2.45, 2.75) is 19.8 Å². The minimum atomic E-state index is -1.75. The van der Waals surface area contributed by atoms with Crippen molar-refractivity contribution in [3.63, 3.8) is 0 Å². The van der Waals surface area contributed by atoms with E-state index in [4.69, 9.17) is 8.85 Å². The van der Waals surface area contributed by atoms with Crippen LogP contribution in [0.5, 0.6) is 0 Å². The van der Waals surface area contributed by atoms with Crippen LogP contribution in [-0.4, -0.2) is 23.0 Å². The molecular weight excluding hydrogens is 240 g/mol. The van der Waals surface area contributed by atoms with Crippen LogP contribution < -0.4 is 5.19 Å². The van der Waals surface area contributed by atoms with Gasteiger partial charge in [0, 0.05) is 13.7 Å². The van der Waals surface area contributed by atoms with Crippen LogP contribution >= 0.6 is 0 Å². The summed E-state index contributed by atoms with van der Waals surface area (Å²) in [6.07, 6.45) is 2.25. The third-order valence-electron chi connectivity index (χ3n) is 3.06. The van der Waals surface area contributed by atoms with E-state index < -0.39 is 9.28 Å². The smallest absolute Gasteiger partial charge is 0.356 e. The first kappa shape index (κ1) is 13.3. The predicted molar refractivity (Wildman–Crippen MR) is 78.6 cm³/mol. The van der Waals surface area contributed by atoms with Crippen molar-refractivity contribution in [3.8, 4) is 0 Å². The molecule has 0 aromatic heterocycles. The maximum absolute atomic E-state index is 5.94. The van der Waals surface area contributed by atoms with E-state index in [9.17, 15) is 0 Å². The molecule has 0 spiro atoms. The molecule has 0 aliphatic carbocycles. The SMILES string of the molecule is CCCCO[SiH](OC)c1cccc2ccccc12. The first-order chi connectivity index (χ1) is 8.86. The number of hydrogen-bond donors (Lipinski definition) is 0. The topological polar surface area (TPSA) is 18.5 Å². The Morgan fingerprint density at radius 1 is 1.06 bits per heavy atom. The second-order valence-electron chi connectivity index (χ2n) is 4.36. The molecule has 0 fully saturated rings. The average Bonchev–Trinajstić information content (AvgIpc) is 2.43. The number of benzene rings is 2. The Kier molecular flexibility index (Phi) is 4.93. The van der Waals surface area contributed by atoms with Crippen LogP contribution in [0.4, 0.5) is 0 Å². The van der Waals surface area contributed by atoms with E-state index in [2.05, 4.69) is 49.4 Å². The van der Waals surface area contributed by atoms with Gasteiger partial charge in [0.1, 0.15) is 0 Å². The van der Waals surface area contributed by atoms with Gasteiger partial charge < -0.3 is 8.85 Å². The lowest BCUT2D eigenvalue weighted by atomic mass is 10.1. The van der Waals surface area contributed by atoms with E-state index in [1.165, 1.54) is 16.0 Å². The van der Waals surface area contributed by atoms with E-state index in [-0.39, 0.29) is 0 Å². The third kappa shape index (κ3) is 2.99. The second-order valence-corrected chi connectivity index (χ2v) is 6.45. The molecule has 0 aliphatic rings. The zero-order chi connectivity index (χ0) is 12.8. The van der Waals surface area contributed by atoms with E-state index in [0.717, 1.165) is 19.4 Å². The lowest BCUT2D eigenvalue weighted by Crippen LogP contribution is -2.36. The van der Waals surface area contributed by atoms with E-state index in [1.807, 2.05) is 0 Å². The van der Waals surface area contributed by atoms with Crippen LogP contribution in [0.25, 0.3) is 10.8 Å². The van der Waals surface area contributed by atoms with Gasteiger partial charge in [0.05, 0.1) is 0 Å². The van der Waals surface area contributed by atoms with Crippen LogP contribution in [0.3, 0.4) is 0 Å². The number of unbranched alkanes of at least 4 members (excludes halogenated alkanes) is 1. The Morgan fingerprint density at radius 3 is 2.61 bits per heavy atom. The van der Waals surface area contributed by atoms with Gasteiger partial charge in [-0.05, 0) is 22.4 Å².